The monoisotopic (exact) mass is 503 g/mol. The third kappa shape index (κ3) is 5.04. The molecule has 1 amide bonds. The zero-order valence-electron chi connectivity index (χ0n) is 19.6. The number of para-hydroxylation sites is 1. The number of amides is 1. The van der Waals surface area contributed by atoms with Crippen molar-refractivity contribution >= 4 is 40.1 Å². The summed E-state index contributed by atoms with van der Waals surface area (Å²) in [5, 5.41) is 3.98. The largest absolute Gasteiger partial charge is 0.457 e. The normalized spacial score (nSPS) is 15.6. The van der Waals surface area contributed by atoms with Crippen molar-refractivity contribution in [3.63, 3.8) is 0 Å². The zero-order chi connectivity index (χ0) is 24.9. The summed E-state index contributed by atoms with van der Waals surface area (Å²) in [7, 11) is 0. The molecule has 1 unspecified atom stereocenters. The first kappa shape index (κ1) is 23.8. The average molecular weight is 504 g/mol. The van der Waals surface area contributed by atoms with Gasteiger partial charge in [0.05, 0.1) is 10.9 Å². The number of carbonyl (C=O) groups excluding carboxylic acids is 2. The second-order valence-corrected chi connectivity index (χ2v) is 8.94. The van der Waals surface area contributed by atoms with Crippen LogP contribution in [0.1, 0.15) is 35.2 Å². The molecule has 0 saturated carbocycles. The van der Waals surface area contributed by atoms with Crippen molar-refractivity contribution in [3.05, 3.63) is 78.2 Å². The fourth-order valence-electron chi connectivity index (χ4n) is 4.56. The lowest BCUT2D eigenvalue weighted by molar-refractivity contribution is -0.131. The summed E-state index contributed by atoms with van der Waals surface area (Å²) in [6.45, 7) is 1.22. The standard InChI is InChI=1S/C27H26ClN5O3/c28-14-23(34)33-13-5-4-6-19(33)15-29-26-24-22(16-30-27(24)32-17-31-26)25(35)18-9-11-21(12-10-18)36-20-7-2-1-3-8-20/h1-3,7-12,16-17,19H,4-6,13-15H2,(H2,29,30,31,32). The molecule has 8 nitrogen and oxygen atoms in total. The molecule has 0 aliphatic carbocycles. The first-order valence-electron chi connectivity index (χ1n) is 11.9. The lowest BCUT2D eigenvalue weighted by Gasteiger charge is -2.35. The predicted octanol–water partition coefficient (Wildman–Crippen LogP) is 5.01. The van der Waals surface area contributed by atoms with Gasteiger partial charge in [-0.15, -0.1) is 11.6 Å². The Kier molecular flexibility index (Phi) is 7.13. The molecule has 5 rings (SSSR count). The molecule has 3 heterocycles. The minimum absolute atomic E-state index is 0.0188. The number of H-pyrrole nitrogens is 1. The number of nitrogens with one attached hydrogen (secondary N) is 2. The van der Waals surface area contributed by atoms with Gasteiger partial charge >= 0.3 is 0 Å². The van der Waals surface area contributed by atoms with Crippen molar-refractivity contribution in [2.45, 2.75) is 25.3 Å². The van der Waals surface area contributed by atoms with Gasteiger partial charge in [0.2, 0.25) is 5.91 Å². The van der Waals surface area contributed by atoms with Crippen LogP contribution in [0.2, 0.25) is 0 Å². The Morgan fingerprint density at radius 1 is 1.06 bits per heavy atom. The molecule has 1 fully saturated rings. The van der Waals surface area contributed by atoms with Gasteiger partial charge in [-0.25, -0.2) is 9.97 Å². The number of likely N-dealkylation sites (tertiary alicyclic amines) is 1. The van der Waals surface area contributed by atoms with E-state index in [1.54, 1.807) is 30.5 Å². The summed E-state index contributed by atoms with van der Waals surface area (Å²) < 4.78 is 5.83. The molecular formula is C27H26ClN5O3. The Labute approximate surface area is 213 Å². The molecule has 0 radical (unpaired) electrons. The highest BCUT2D eigenvalue weighted by molar-refractivity contribution is 6.27. The zero-order valence-corrected chi connectivity index (χ0v) is 20.4. The first-order valence-corrected chi connectivity index (χ1v) is 12.5. The number of ketones is 1. The van der Waals surface area contributed by atoms with Gasteiger partial charge in [0.25, 0.3) is 0 Å². The Balaban J connectivity index is 1.35. The Morgan fingerprint density at radius 2 is 1.83 bits per heavy atom. The van der Waals surface area contributed by atoms with Crippen LogP contribution in [-0.4, -0.2) is 56.6 Å². The molecule has 0 spiro atoms. The lowest BCUT2D eigenvalue weighted by Crippen LogP contribution is -2.47. The van der Waals surface area contributed by atoms with E-state index >= 15 is 0 Å². The van der Waals surface area contributed by atoms with E-state index in [2.05, 4.69) is 20.3 Å². The van der Waals surface area contributed by atoms with Crippen molar-refractivity contribution in [1.82, 2.24) is 19.9 Å². The van der Waals surface area contributed by atoms with Crippen LogP contribution >= 0.6 is 11.6 Å². The summed E-state index contributed by atoms with van der Waals surface area (Å²) in [6, 6.07) is 16.5. The van der Waals surface area contributed by atoms with Crippen LogP contribution in [0.15, 0.2) is 67.1 Å². The molecule has 0 bridgehead atoms. The Morgan fingerprint density at radius 3 is 2.61 bits per heavy atom. The highest BCUT2D eigenvalue weighted by Gasteiger charge is 2.26. The maximum Gasteiger partial charge on any atom is 0.237 e. The molecule has 9 heteroatoms. The summed E-state index contributed by atoms with van der Waals surface area (Å²) in [4.78, 5) is 39.3. The number of benzene rings is 2. The molecule has 1 saturated heterocycles. The lowest BCUT2D eigenvalue weighted by atomic mass is 10.0. The van der Waals surface area contributed by atoms with E-state index in [0.717, 1.165) is 25.0 Å². The Bertz CT molecular complexity index is 1360. The maximum atomic E-state index is 13.4. The average Bonchev–Trinajstić information content (AvgIpc) is 3.37. The van der Waals surface area contributed by atoms with Gasteiger partial charge in [-0.3, -0.25) is 9.59 Å². The number of anilines is 1. The Hall–Kier alpha value is -3.91. The van der Waals surface area contributed by atoms with E-state index < -0.39 is 0 Å². The van der Waals surface area contributed by atoms with E-state index in [1.807, 2.05) is 35.2 Å². The number of nitrogens with zero attached hydrogens (tertiary/aromatic N) is 3. The number of halogens is 1. The fraction of sp³-hybridized carbons (Fsp3) is 0.259. The highest BCUT2D eigenvalue weighted by Crippen LogP contribution is 2.28. The van der Waals surface area contributed by atoms with Crippen molar-refractivity contribution in [2.24, 2.45) is 0 Å². The molecule has 2 aromatic heterocycles. The predicted molar refractivity (Wildman–Crippen MR) is 139 cm³/mol. The van der Waals surface area contributed by atoms with Crippen LogP contribution in [0.25, 0.3) is 11.0 Å². The number of aromatic amines is 1. The maximum absolute atomic E-state index is 13.4. The number of carbonyl (C=O) groups is 2. The number of ether oxygens (including phenoxy) is 1. The van der Waals surface area contributed by atoms with Crippen LogP contribution in [0.4, 0.5) is 5.82 Å². The minimum atomic E-state index is -0.151. The third-order valence-electron chi connectivity index (χ3n) is 6.38. The quantitative estimate of drug-likeness (QED) is 0.259. The number of fused-ring (bicyclic) bond motifs is 1. The van der Waals surface area contributed by atoms with Gasteiger partial charge in [-0.1, -0.05) is 18.2 Å². The van der Waals surface area contributed by atoms with Gasteiger partial charge in [0.15, 0.2) is 5.78 Å². The van der Waals surface area contributed by atoms with Crippen LogP contribution in [0.3, 0.4) is 0 Å². The number of hydrogen-bond donors (Lipinski definition) is 2. The van der Waals surface area contributed by atoms with Crippen molar-refractivity contribution in [2.75, 3.05) is 24.3 Å². The van der Waals surface area contributed by atoms with Crippen LogP contribution in [-0.2, 0) is 4.79 Å². The second kappa shape index (κ2) is 10.8. The summed E-state index contributed by atoms with van der Waals surface area (Å²) in [6.07, 6.45) is 6.02. The third-order valence-corrected chi connectivity index (χ3v) is 6.61. The molecule has 1 atom stereocenters. The van der Waals surface area contributed by atoms with E-state index in [1.165, 1.54) is 6.33 Å². The van der Waals surface area contributed by atoms with Gasteiger partial charge < -0.3 is 19.9 Å². The van der Waals surface area contributed by atoms with E-state index in [0.29, 0.717) is 46.8 Å². The number of rotatable bonds is 8. The van der Waals surface area contributed by atoms with Crippen molar-refractivity contribution in [3.8, 4) is 11.5 Å². The van der Waals surface area contributed by atoms with Crippen LogP contribution in [0, 0.1) is 0 Å². The molecule has 2 N–H and O–H groups in total. The molecule has 1 aliphatic rings. The van der Waals surface area contributed by atoms with Crippen LogP contribution < -0.4 is 10.1 Å². The molecule has 1 aliphatic heterocycles. The highest BCUT2D eigenvalue weighted by atomic mass is 35.5. The van der Waals surface area contributed by atoms with Gasteiger partial charge in [0, 0.05) is 30.9 Å². The SMILES string of the molecule is O=C(c1ccc(Oc2ccccc2)cc1)c1c[nH]c2ncnc(NCC3CCCCN3C(=O)CCl)c12. The summed E-state index contributed by atoms with van der Waals surface area (Å²) in [5.74, 6) is 1.68. The number of alkyl halides is 1. The molecule has 36 heavy (non-hydrogen) atoms. The van der Waals surface area contributed by atoms with Crippen molar-refractivity contribution in [1.29, 1.82) is 0 Å². The smallest absolute Gasteiger partial charge is 0.237 e. The first-order chi connectivity index (χ1) is 17.6. The topological polar surface area (TPSA) is 100 Å². The minimum Gasteiger partial charge on any atom is -0.457 e. The van der Waals surface area contributed by atoms with Gasteiger partial charge in [-0.2, -0.15) is 0 Å². The summed E-state index contributed by atoms with van der Waals surface area (Å²) in [5.41, 5.74) is 1.57. The number of piperidine rings is 1. The van der Waals surface area contributed by atoms with E-state index in [4.69, 9.17) is 16.3 Å². The molecule has 2 aromatic carbocycles. The second-order valence-electron chi connectivity index (χ2n) is 8.67. The van der Waals surface area contributed by atoms with Crippen LogP contribution in [0.5, 0.6) is 11.5 Å². The number of hydrogen-bond acceptors (Lipinski definition) is 6. The molecule has 4 aromatic rings. The fourth-order valence-corrected chi connectivity index (χ4v) is 4.72. The van der Waals surface area contributed by atoms with Crippen molar-refractivity contribution < 1.29 is 14.3 Å². The number of aromatic nitrogens is 3. The summed E-state index contributed by atoms with van der Waals surface area (Å²) >= 11 is 5.81. The molecule has 184 valence electrons. The van der Waals surface area contributed by atoms with E-state index in [-0.39, 0.29) is 23.6 Å². The molecular weight excluding hydrogens is 478 g/mol. The van der Waals surface area contributed by atoms with Gasteiger partial charge in [-0.05, 0) is 55.7 Å². The van der Waals surface area contributed by atoms with E-state index in [9.17, 15) is 9.59 Å². The van der Waals surface area contributed by atoms with Gasteiger partial charge in [0.1, 0.15) is 35.2 Å².